The van der Waals surface area contributed by atoms with E-state index in [2.05, 4.69) is 5.23 Å². The van der Waals surface area contributed by atoms with Gasteiger partial charge in [-0.2, -0.15) is 0 Å². The maximum absolute atomic E-state index is 11.9. The molecule has 1 unspecified atom stereocenters. The molecule has 3 fully saturated rings. The lowest BCUT2D eigenvalue weighted by molar-refractivity contribution is -0.560. The zero-order valence-electron chi connectivity index (χ0n) is 10.3. The van der Waals surface area contributed by atoms with E-state index in [-0.39, 0.29) is 18.6 Å². The topological polar surface area (TPSA) is 63.1 Å². The third-order valence-electron chi connectivity index (χ3n) is 5.37. The molecule has 5 heteroatoms. The molecule has 3 aliphatic heterocycles. The van der Waals surface area contributed by atoms with Crippen LogP contribution in [0.2, 0.25) is 11.6 Å². The Labute approximate surface area is 102 Å². The summed E-state index contributed by atoms with van der Waals surface area (Å²) in [6.07, 6.45) is 8.06. The number of hydrogen-bond acceptors (Lipinski definition) is 3. The van der Waals surface area contributed by atoms with Gasteiger partial charge in [-0.3, -0.25) is 4.79 Å². The van der Waals surface area contributed by atoms with Crippen LogP contribution in [0.4, 0.5) is 0 Å². The Kier molecular flexibility index (Phi) is 2.91. The van der Waals surface area contributed by atoms with Gasteiger partial charge >= 0.3 is 12.5 Å². The van der Waals surface area contributed by atoms with E-state index in [1.807, 2.05) is 0 Å². The highest BCUT2D eigenvalue weighted by Gasteiger charge is 2.59. The molecule has 96 valence electrons. The van der Waals surface area contributed by atoms with Crippen molar-refractivity contribution in [2.45, 2.75) is 62.6 Å². The molecule has 3 aliphatic rings. The summed E-state index contributed by atoms with van der Waals surface area (Å²) in [5.41, 5.74) is 0. The molecule has 3 heterocycles. The summed E-state index contributed by atoms with van der Waals surface area (Å²) in [7, 11) is 0. The van der Waals surface area contributed by atoms with Gasteiger partial charge in [0, 0.05) is 13.0 Å². The van der Waals surface area contributed by atoms with Gasteiger partial charge < -0.3 is 15.0 Å². The molecule has 4 nitrogen and oxygen atoms in total. The first-order chi connectivity index (χ1) is 8.26. The van der Waals surface area contributed by atoms with Crippen molar-refractivity contribution in [2.75, 3.05) is 6.61 Å². The molecule has 3 N–H and O–H groups in total. The van der Waals surface area contributed by atoms with Gasteiger partial charge in [-0.05, 0) is 0 Å². The van der Waals surface area contributed by atoms with Crippen LogP contribution in [0.1, 0.15) is 44.9 Å². The fourth-order valence-electron chi connectivity index (χ4n) is 4.63. The fraction of sp³-hybridized carbons (Fsp3) is 0.917. The second kappa shape index (κ2) is 4.28. The second-order valence-corrected chi connectivity index (χ2v) is 6.12. The number of rotatable bonds is 2. The Morgan fingerprint density at radius 1 is 1.24 bits per heavy atom. The van der Waals surface area contributed by atoms with E-state index in [0.717, 1.165) is 0 Å². The zero-order chi connectivity index (χ0) is 11.9. The highest BCUT2D eigenvalue weighted by Crippen LogP contribution is 2.51. The number of carbonyl (C=O) groups excluding carboxylic acids is 1. The summed E-state index contributed by atoms with van der Waals surface area (Å²) in [4.78, 5) is 11.9. The monoisotopic (exact) mass is 239 g/mol. The Hall–Kier alpha value is -0.545. The average molecular weight is 239 g/mol. The maximum Gasteiger partial charge on any atom is 0.389 e. The van der Waals surface area contributed by atoms with Crippen molar-refractivity contribution in [3.05, 3.63) is 0 Å². The van der Waals surface area contributed by atoms with Gasteiger partial charge in [0.1, 0.15) is 6.04 Å². The summed E-state index contributed by atoms with van der Waals surface area (Å²) in [5.74, 6) is 1.14. The molecule has 0 saturated carbocycles. The SMILES string of the molecule is O=C1O[B-]2([NH2+]C1CCO)C1CCCC2CCC1. The van der Waals surface area contributed by atoms with E-state index < -0.39 is 6.48 Å². The van der Waals surface area contributed by atoms with E-state index in [9.17, 15) is 4.79 Å². The molecule has 1 atom stereocenters. The van der Waals surface area contributed by atoms with Crippen molar-refractivity contribution in [3.8, 4) is 0 Å². The van der Waals surface area contributed by atoms with Gasteiger partial charge in [-0.15, -0.1) is 0 Å². The van der Waals surface area contributed by atoms with Crippen LogP contribution in [0.15, 0.2) is 0 Å². The molecule has 0 aromatic carbocycles. The van der Waals surface area contributed by atoms with Crippen molar-refractivity contribution < 1.29 is 19.8 Å². The van der Waals surface area contributed by atoms with Crippen LogP contribution in [0.25, 0.3) is 0 Å². The van der Waals surface area contributed by atoms with E-state index in [1.54, 1.807) is 0 Å². The number of aliphatic hydroxyl groups is 1. The Morgan fingerprint density at radius 3 is 2.35 bits per heavy atom. The first-order valence-corrected chi connectivity index (χ1v) is 7.12. The predicted octanol–water partition coefficient (Wildman–Crippen LogP) is 0.408. The Balaban J connectivity index is 1.83. The standard InChI is InChI=1S/C12H22BNO3/c15-8-7-11-12(16)17-13(14-11)9-3-1-4-10(13)6-2-5-9/h9-11,15H,1-8,14H2. The lowest BCUT2D eigenvalue weighted by Gasteiger charge is -2.50. The lowest BCUT2D eigenvalue weighted by Crippen LogP contribution is -3.04. The highest BCUT2D eigenvalue weighted by molar-refractivity contribution is 6.71. The van der Waals surface area contributed by atoms with Crippen LogP contribution in [0, 0.1) is 0 Å². The number of carbonyl (C=O) groups is 1. The molecule has 0 aliphatic carbocycles. The third kappa shape index (κ3) is 1.71. The molecule has 1 spiro atoms. The van der Waals surface area contributed by atoms with Gasteiger partial charge in [-0.25, -0.2) is 0 Å². The van der Waals surface area contributed by atoms with Crippen LogP contribution in [-0.2, 0) is 9.45 Å². The molecule has 0 aromatic rings. The van der Waals surface area contributed by atoms with Gasteiger partial charge in [0.05, 0.1) is 0 Å². The highest BCUT2D eigenvalue weighted by atomic mass is 16.5. The van der Waals surface area contributed by atoms with Gasteiger partial charge in [0.25, 0.3) is 0 Å². The minimum atomic E-state index is -1.00. The largest absolute Gasteiger partial charge is 0.634 e. The van der Waals surface area contributed by atoms with E-state index in [0.29, 0.717) is 18.1 Å². The van der Waals surface area contributed by atoms with Crippen LogP contribution >= 0.6 is 0 Å². The fourth-order valence-corrected chi connectivity index (χ4v) is 4.63. The number of quaternary nitrogens is 1. The quantitative estimate of drug-likeness (QED) is 0.686. The average Bonchev–Trinajstić information content (AvgIpc) is 2.56. The van der Waals surface area contributed by atoms with Crippen molar-refractivity contribution in [3.63, 3.8) is 0 Å². The molecular weight excluding hydrogens is 217 g/mol. The first-order valence-electron chi connectivity index (χ1n) is 7.12. The summed E-state index contributed by atoms with van der Waals surface area (Å²) in [5, 5.41) is 11.2. The molecule has 3 rings (SSSR count). The normalized spacial score (nSPS) is 45.0. The van der Waals surface area contributed by atoms with Crippen molar-refractivity contribution in [2.24, 2.45) is 0 Å². The minimum absolute atomic E-state index is 0.0714. The molecule has 0 aromatic heterocycles. The van der Waals surface area contributed by atoms with Crippen molar-refractivity contribution in [1.82, 2.24) is 0 Å². The van der Waals surface area contributed by atoms with Crippen LogP contribution in [0.3, 0.4) is 0 Å². The lowest BCUT2D eigenvalue weighted by atomic mass is 9.28. The minimum Gasteiger partial charge on any atom is -0.634 e. The summed E-state index contributed by atoms with van der Waals surface area (Å²) in [6, 6.07) is -0.138. The van der Waals surface area contributed by atoms with Crippen LogP contribution in [0.5, 0.6) is 0 Å². The summed E-state index contributed by atoms with van der Waals surface area (Å²) >= 11 is 0. The molecule has 0 radical (unpaired) electrons. The zero-order valence-corrected chi connectivity index (χ0v) is 10.3. The molecule has 2 bridgehead atoms. The second-order valence-electron chi connectivity index (χ2n) is 6.12. The Morgan fingerprint density at radius 2 is 1.82 bits per heavy atom. The smallest absolute Gasteiger partial charge is 0.389 e. The maximum atomic E-state index is 11.9. The van der Waals surface area contributed by atoms with Crippen LogP contribution < -0.4 is 5.23 Å². The van der Waals surface area contributed by atoms with E-state index in [1.165, 1.54) is 38.5 Å². The van der Waals surface area contributed by atoms with E-state index >= 15 is 0 Å². The van der Waals surface area contributed by atoms with Crippen molar-refractivity contribution in [1.29, 1.82) is 0 Å². The summed E-state index contributed by atoms with van der Waals surface area (Å²) in [6.45, 7) is -0.922. The molecule has 0 amide bonds. The number of nitrogens with two attached hydrogens (primary N) is 1. The molecular formula is C12H22BNO3. The van der Waals surface area contributed by atoms with Crippen LogP contribution in [-0.4, -0.2) is 30.2 Å². The predicted molar refractivity (Wildman–Crippen MR) is 64.5 cm³/mol. The van der Waals surface area contributed by atoms with Gasteiger partial charge in [-0.1, -0.05) is 50.2 Å². The van der Waals surface area contributed by atoms with E-state index in [4.69, 9.17) is 9.76 Å². The first kappa shape index (κ1) is 11.5. The number of hydrogen-bond donors (Lipinski definition) is 2. The Bertz CT molecular complexity index is 301. The van der Waals surface area contributed by atoms with Crippen molar-refractivity contribution >= 4 is 12.5 Å². The third-order valence-corrected chi connectivity index (χ3v) is 5.37. The number of aliphatic hydroxyl groups excluding tert-OH is 1. The molecule has 3 saturated heterocycles. The van der Waals surface area contributed by atoms with Gasteiger partial charge in [0.2, 0.25) is 0 Å². The van der Waals surface area contributed by atoms with Gasteiger partial charge in [0.15, 0.2) is 0 Å². The summed E-state index contributed by atoms with van der Waals surface area (Å²) < 4.78 is 5.88. The molecule has 17 heavy (non-hydrogen) atoms.